The highest BCUT2D eigenvalue weighted by Gasteiger charge is 2.30. The first kappa shape index (κ1) is 14.0. The number of para-hydroxylation sites is 1. The predicted octanol–water partition coefficient (Wildman–Crippen LogP) is 4.80. The van der Waals surface area contributed by atoms with Crippen LogP contribution in [-0.2, 0) is 0 Å². The molecule has 110 valence electrons. The molecule has 2 saturated heterocycles. The predicted molar refractivity (Wildman–Crippen MR) is 95.1 cm³/mol. The van der Waals surface area contributed by atoms with Crippen LogP contribution in [0.5, 0.6) is 0 Å². The van der Waals surface area contributed by atoms with E-state index in [1.54, 1.807) is 23.1 Å². The molecule has 0 unspecified atom stereocenters. The number of thiocarbonyl (C=S) groups is 1. The van der Waals surface area contributed by atoms with E-state index in [4.69, 9.17) is 17.2 Å². The van der Waals surface area contributed by atoms with Crippen molar-refractivity contribution in [1.29, 1.82) is 0 Å². The van der Waals surface area contributed by atoms with Gasteiger partial charge in [0.25, 0.3) is 0 Å². The first-order valence-electron chi connectivity index (χ1n) is 7.60. The fourth-order valence-electron chi connectivity index (χ4n) is 3.48. The summed E-state index contributed by atoms with van der Waals surface area (Å²) >= 11 is 9.14. The van der Waals surface area contributed by atoms with Crippen LogP contribution in [-0.4, -0.2) is 27.3 Å². The molecule has 1 aromatic heterocycles. The van der Waals surface area contributed by atoms with Crippen molar-refractivity contribution in [2.75, 3.05) is 13.1 Å². The van der Waals surface area contributed by atoms with Crippen LogP contribution in [0.4, 0.5) is 0 Å². The minimum atomic E-state index is 0.859. The molecule has 0 spiro atoms. The summed E-state index contributed by atoms with van der Waals surface area (Å²) in [5.74, 6) is 1.72. The van der Waals surface area contributed by atoms with Gasteiger partial charge >= 0.3 is 0 Å². The molecule has 1 aliphatic carbocycles. The Morgan fingerprint density at radius 1 is 1.14 bits per heavy atom. The number of thioether (sulfide) groups is 1. The van der Waals surface area contributed by atoms with Crippen LogP contribution in [0.1, 0.15) is 25.7 Å². The zero-order chi connectivity index (χ0) is 14.2. The molecule has 0 radical (unpaired) electrons. The molecule has 5 heteroatoms. The molecule has 1 saturated carbocycles. The van der Waals surface area contributed by atoms with Crippen molar-refractivity contribution in [3.05, 3.63) is 24.3 Å². The lowest BCUT2D eigenvalue weighted by molar-refractivity contribution is 0.326. The SMILES string of the molecule is S=C(Sc1nc2ccccc2s1)N1CC2CCC(CC2)C1. The van der Waals surface area contributed by atoms with Gasteiger partial charge in [-0.3, -0.25) is 0 Å². The molecule has 0 atom stereocenters. The Morgan fingerprint density at radius 2 is 1.81 bits per heavy atom. The van der Waals surface area contributed by atoms with Crippen LogP contribution >= 0.6 is 35.3 Å². The summed E-state index contributed by atoms with van der Waals surface area (Å²) in [6.07, 6.45) is 5.59. The minimum Gasteiger partial charge on any atom is -0.357 e. The maximum absolute atomic E-state index is 5.71. The van der Waals surface area contributed by atoms with Gasteiger partial charge in [-0.15, -0.1) is 11.3 Å². The summed E-state index contributed by atoms with van der Waals surface area (Å²) in [6.45, 7) is 2.32. The molecule has 1 aromatic carbocycles. The second kappa shape index (κ2) is 5.86. The van der Waals surface area contributed by atoms with Gasteiger partial charge in [-0.1, -0.05) is 24.4 Å². The number of aromatic nitrogens is 1. The van der Waals surface area contributed by atoms with Crippen molar-refractivity contribution < 1.29 is 0 Å². The van der Waals surface area contributed by atoms with Gasteiger partial charge in [-0.2, -0.15) is 0 Å². The maximum Gasteiger partial charge on any atom is 0.158 e. The van der Waals surface area contributed by atoms with E-state index in [0.717, 1.165) is 39.1 Å². The van der Waals surface area contributed by atoms with Crippen molar-refractivity contribution in [3.8, 4) is 0 Å². The quantitative estimate of drug-likeness (QED) is 0.550. The van der Waals surface area contributed by atoms with Crippen molar-refractivity contribution in [1.82, 2.24) is 9.88 Å². The van der Waals surface area contributed by atoms with Gasteiger partial charge in [0.2, 0.25) is 0 Å². The molecule has 3 heterocycles. The molecule has 0 amide bonds. The van der Waals surface area contributed by atoms with Crippen LogP contribution < -0.4 is 0 Å². The van der Waals surface area contributed by atoms with E-state index < -0.39 is 0 Å². The van der Waals surface area contributed by atoms with Crippen molar-refractivity contribution in [2.24, 2.45) is 11.8 Å². The molecule has 0 N–H and O–H groups in total. The van der Waals surface area contributed by atoms with Crippen LogP contribution in [0.15, 0.2) is 28.6 Å². The highest BCUT2D eigenvalue weighted by molar-refractivity contribution is 8.23. The summed E-state index contributed by atoms with van der Waals surface area (Å²) in [5.41, 5.74) is 1.09. The minimum absolute atomic E-state index is 0.859. The third-order valence-electron chi connectivity index (χ3n) is 4.63. The Kier molecular flexibility index (Phi) is 3.90. The Hall–Kier alpha value is -0.650. The summed E-state index contributed by atoms with van der Waals surface area (Å²) < 4.78 is 3.35. The van der Waals surface area contributed by atoms with E-state index in [0.29, 0.717) is 0 Å². The van der Waals surface area contributed by atoms with Crippen molar-refractivity contribution in [2.45, 2.75) is 30.0 Å². The number of hydrogen-bond donors (Lipinski definition) is 0. The molecular weight excluding hydrogens is 316 g/mol. The van der Waals surface area contributed by atoms with Crippen molar-refractivity contribution in [3.63, 3.8) is 0 Å². The van der Waals surface area contributed by atoms with Gasteiger partial charge in [-0.25, -0.2) is 4.98 Å². The molecule has 2 bridgehead atoms. The van der Waals surface area contributed by atoms with E-state index >= 15 is 0 Å². The molecule has 21 heavy (non-hydrogen) atoms. The van der Waals surface area contributed by atoms with Crippen LogP contribution in [0, 0.1) is 11.8 Å². The first-order valence-corrected chi connectivity index (χ1v) is 9.64. The average Bonchev–Trinajstić information content (AvgIpc) is 2.68. The molecule has 3 aliphatic rings. The van der Waals surface area contributed by atoms with Gasteiger partial charge in [0, 0.05) is 13.1 Å². The number of rotatable bonds is 1. The number of nitrogens with zero attached hydrogens (tertiary/aromatic N) is 2. The molecule has 2 aromatic rings. The van der Waals surface area contributed by atoms with Gasteiger partial charge in [0.1, 0.15) is 4.32 Å². The first-order chi connectivity index (χ1) is 10.3. The molecule has 2 aliphatic heterocycles. The summed E-state index contributed by atoms with van der Waals surface area (Å²) in [6, 6.07) is 8.32. The van der Waals surface area contributed by atoms with E-state index in [1.165, 1.54) is 30.4 Å². The van der Waals surface area contributed by atoms with Gasteiger partial charge < -0.3 is 4.90 Å². The Bertz CT molecular complexity index is 611. The second-order valence-electron chi connectivity index (χ2n) is 6.11. The maximum atomic E-state index is 5.71. The fraction of sp³-hybridized carbons (Fsp3) is 0.500. The standard InChI is InChI=1S/C16H18N2S3/c19-16(18-9-11-5-6-12(10-18)8-7-11)21-15-17-13-3-1-2-4-14(13)20-15/h1-4,11-12H,5-10H2. The smallest absolute Gasteiger partial charge is 0.158 e. The van der Waals surface area contributed by atoms with E-state index in [9.17, 15) is 0 Å². The van der Waals surface area contributed by atoms with E-state index in [1.807, 2.05) is 6.07 Å². The average molecular weight is 335 g/mol. The monoisotopic (exact) mass is 334 g/mol. The zero-order valence-corrected chi connectivity index (χ0v) is 14.3. The number of thiazole rings is 1. The molecular formula is C16H18N2S3. The number of fused-ring (bicyclic) bond motifs is 5. The number of hydrogen-bond acceptors (Lipinski definition) is 4. The third kappa shape index (κ3) is 2.96. The highest BCUT2D eigenvalue weighted by atomic mass is 32.2. The largest absolute Gasteiger partial charge is 0.357 e. The van der Waals surface area contributed by atoms with Crippen LogP contribution in [0.25, 0.3) is 10.2 Å². The lowest BCUT2D eigenvalue weighted by atomic mass is 9.84. The van der Waals surface area contributed by atoms with Crippen LogP contribution in [0.2, 0.25) is 0 Å². The summed E-state index contributed by atoms with van der Waals surface area (Å²) in [7, 11) is 0. The Balaban J connectivity index is 1.50. The zero-order valence-electron chi connectivity index (χ0n) is 11.8. The lowest BCUT2D eigenvalue weighted by Gasteiger charge is -2.24. The second-order valence-corrected chi connectivity index (χ2v) is 9.02. The molecule has 2 nitrogen and oxygen atoms in total. The lowest BCUT2D eigenvalue weighted by Crippen LogP contribution is -2.31. The fourth-order valence-corrected chi connectivity index (χ4v) is 5.96. The summed E-state index contributed by atoms with van der Waals surface area (Å²) in [4.78, 5) is 7.14. The number of benzene rings is 1. The van der Waals surface area contributed by atoms with Crippen molar-refractivity contribution >= 4 is 49.9 Å². The van der Waals surface area contributed by atoms with Gasteiger partial charge in [-0.05, 0) is 61.4 Å². The third-order valence-corrected chi connectivity index (χ3v) is 7.17. The Morgan fingerprint density at radius 3 is 2.48 bits per heavy atom. The van der Waals surface area contributed by atoms with E-state index in [-0.39, 0.29) is 0 Å². The Labute approximate surface area is 138 Å². The topological polar surface area (TPSA) is 16.1 Å². The van der Waals surface area contributed by atoms with Gasteiger partial charge in [0.05, 0.1) is 10.2 Å². The molecule has 5 rings (SSSR count). The van der Waals surface area contributed by atoms with Gasteiger partial charge in [0.15, 0.2) is 4.34 Å². The normalized spacial score (nSPS) is 25.2. The highest BCUT2D eigenvalue weighted by Crippen LogP contribution is 2.37. The van der Waals surface area contributed by atoms with Crippen LogP contribution in [0.3, 0.4) is 0 Å². The summed E-state index contributed by atoms with van der Waals surface area (Å²) in [5, 5.41) is 0. The van der Waals surface area contributed by atoms with E-state index in [2.05, 4.69) is 23.1 Å². The molecule has 3 fully saturated rings.